The van der Waals surface area contributed by atoms with Gasteiger partial charge in [-0.15, -0.1) is 0 Å². The number of nitrogens with two attached hydrogens (primary N) is 1. The van der Waals surface area contributed by atoms with E-state index in [2.05, 4.69) is 5.32 Å². The van der Waals surface area contributed by atoms with Crippen LogP contribution in [0.1, 0.15) is 55.4 Å². The molecule has 5 rings (SSSR count). The maximum absolute atomic E-state index is 15.9. The second-order valence-electron chi connectivity index (χ2n) is 10.6. The van der Waals surface area contributed by atoms with E-state index < -0.39 is 63.9 Å². The molecule has 11 heteroatoms. The monoisotopic (exact) mass is 529 g/mol. The van der Waals surface area contributed by atoms with E-state index in [1.54, 1.807) is 6.92 Å². The van der Waals surface area contributed by atoms with Crippen LogP contribution in [0.3, 0.4) is 0 Å². The lowest BCUT2D eigenvalue weighted by Gasteiger charge is -2.49. The first-order valence-corrected chi connectivity index (χ1v) is 13.0. The average molecular weight is 530 g/mol. The number of hydrogen-bond donors (Lipinski definition) is 6. The molecule has 0 aromatic heterocycles. The van der Waals surface area contributed by atoms with Gasteiger partial charge in [0, 0.05) is 41.3 Å². The lowest BCUT2D eigenvalue weighted by Crippen LogP contribution is -2.66. The fraction of sp³-hybridized carbons (Fsp3) is 0.519. The average Bonchev–Trinajstić information content (AvgIpc) is 3.30. The SMILES string of the molecule is CCCCN1Cc2c(O)c3c(c(F)c2C1)C[C@H]1C[C@H]2[C@H](NCC)C(=O)C(C(N)=O)=C(O)[C@@]2(O)C(=O)C1=C3O. The van der Waals surface area contributed by atoms with E-state index in [-0.39, 0.29) is 48.4 Å². The first kappa shape index (κ1) is 26.3. The van der Waals surface area contributed by atoms with Crippen molar-refractivity contribution in [2.45, 2.75) is 64.3 Å². The van der Waals surface area contributed by atoms with Gasteiger partial charge in [-0.3, -0.25) is 19.3 Å². The van der Waals surface area contributed by atoms with E-state index in [9.17, 15) is 34.8 Å². The van der Waals surface area contributed by atoms with Crippen LogP contribution in [-0.4, -0.2) is 67.5 Å². The number of carbonyl (C=O) groups is 3. The standard InChI is InChI=1S/C27H32FN3O7/c1-3-5-6-31-9-13-14(10-31)21(32)17-12(19(13)28)7-11-8-15-20(30-4-2)23(34)18(26(29)37)25(36)27(15,38)24(35)16(11)22(17)33/h11,15,20,30,32-33,36,38H,3-10H2,1-2H3,(H2,29,37)/t11-,15-,20-,27-/m0/s1. The van der Waals surface area contributed by atoms with Gasteiger partial charge in [0.1, 0.15) is 28.7 Å². The predicted molar refractivity (Wildman–Crippen MR) is 133 cm³/mol. The molecule has 1 fully saturated rings. The number of Topliss-reactive ketones (excluding diaryl/α,β-unsaturated/α-hetero) is 2. The lowest BCUT2D eigenvalue weighted by atomic mass is 9.57. The second kappa shape index (κ2) is 9.18. The Hall–Kier alpha value is -3.28. The highest BCUT2D eigenvalue weighted by atomic mass is 19.1. The summed E-state index contributed by atoms with van der Waals surface area (Å²) in [5, 5.41) is 47.8. The Balaban J connectivity index is 1.66. The maximum atomic E-state index is 15.9. The van der Waals surface area contributed by atoms with Gasteiger partial charge in [-0.2, -0.15) is 0 Å². The lowest BCUT2D eigenvalue weighted by molar-refractivity contribution is -0.150. The molecular formula is C27H32FN3O7. The summed E-state index contributed by atoms with van der Waals surface area (Å²) in [6.07, 6.45) is 1.71. The number of fused-ring (bicyclic) bond motifs is 4. The minimum atomic E-state index is -2.72. The van der Waals surface area contributed by atoms with Gasteiger partial charge >= 0.3 is 0 Å². The number of unbranched alkanes of at least 4 members (excludes halogenated alkanes) is 1. The zero-order valence-corrected chi connectivity index (χ0v) is 21.3. The van der Waals surface area contributed by atoms with Gasteiger partial charge in [0.25, 0.3) is 5.91 Å². The number of primary amides is 1. The second-order valence-corrected chi connectivity index (χ2v) is 10.6. The van der Waals surface area contributed by atoms with Crippen molar-refractivity contribution in [2.24, 2.45) is 17.6 Å². The van der Waals surface area contributed by atoms with Crippen molar-refractivity contribution in [1.82, 2.24) is 10.2 Å². The number of carbonyl (C=O) groups excluding carboxylic acids is 3. The van der Waals surface area contributed by atoms with Crippen molar-refractivity contribution in [1.29, 1.82) is 0 Å². The molecule has 1 amide bonds. The summed E-state index contributed by atoms with van der Waals surface area (Å²) in [6.45, 7) is 5.30. The fourth-order valence-corrected chi connectivity index (χ4v) is 6.71. The van der Waals surface area contributed by atoms with Crippen LogP contribution in [0.2, 0.25) is 0 Å². The topological polar surface area (TPSA) is 173 Å². The molecular weight excluding hydrogens is 497 g/mol. The van der Waals surface area contributed by atoms with Gasteiger partial charge in [0.2, 0.25) is 5.78 Å². The van der Waals surface area contributed by atoms with Crippen molar-refractivity contribution in [3.63, 3.8) is 0 Å². The number of likely N-dealkylation sites (N-methyl/N-ethyl adjacent to an activating group) is 1. The Labute approximate surface area is 218 Å². The summed E-state index contributed by atoms with van der Waals surface area (Å²) in [5.41, 5.74) is 2.01. The van der Waals surface area contributed by atoms with Gasteiger partial charge in [-0.25, -0.2) is 4.39 Å². The van der Waals surface area contributed by atoms with E-state index in [1.165, 1.54) is 0 Å². The Morgan fingerprint density at radius 3 is 2.47 bits per heavy atom. The molecule has 1 aromatic rings. The number of aliphatic hydroxyl groups excluding tert-OH is 2. The van der Waals surface area contributed by atoms with Crippen LogP contribution in [0.25, 0.3) is 5.76 Å². The van der Waals surface area contributed by atoms with Crippen LogP contribution in [-0.2, 0) is 33.9 Å². The Morgan fingerprint density at radius 2 is 1.84 bits per heavy atom. The van der Waals surface area contributed by atoms with Gasteiger partial charge in [0.05, 0.1) is 11.6 Å². The van der Waals surface area contributed by atoms with E-state index in [0.29, 0.717) is 24.2 Å². The highest BCUT2D eigenvalue weighted by Crippen LogP contribution is 2.53. The quantitative estimate of drug-likeness (QED) is 0.297. The van der Waals surface area contributed by atoms with Gasteiger partial charge < -0.3 is 31.5 Å². The number of ketones is 2. The summed E-state index contributed by atoms with van der Waals surface area (Å²) in [4.78, 5) is 40.9. The molecule has 1 aromatic carbocycles. The van der Waals surface area contributed by atoms with Gasteiger partial charge in [-0.05, 0) is 38.3 Å². The number of aromatic hydroxyl groups is 1. The molecule has 3 aliphatic carbocycles. The molecule has 1 heterocycles. The molecule has 38 heavy (non-hydrogen) atoms. The minimum Gasteiger partial charge on any atom is -0.508 e. The Bertz CT molecular complexity index is 1340. The van der Waals surface area contributed by atoms with Gasteiger partial charge in [-0.1, -0.05) is 20.3 Å². The van der Waals surface area contributed by atoms with Gasteiger partial charge in [0.15, 0.2) is 11.4 Å². The zero-order chi connectivity index (χ0) is 27.7. The number of aliphatic hydroxyl groups is 3. The maximum Gasteiger partial charge on any atom is 0.255 e. The Kier molecular flexibility index (Phi) is 6.36. The molecule has 4 atom stereocenters. The number of hydrogen-bond acceptors (Lipinski definition) is 9. The predicted octanol–water partition coefficient (Wildman–Crippen LogP) is 1.27. The number of halogens is 1. The van der Waals surface area contributed by atoms with Crippen molar-refractivity contribution >= 4 is 23.2 Å². The van der Waals surface area contributed by atoms with Crippen LogP contribution in [0.5, 0.6) is 5.75 Å². The third-order valence-corrected chi connectivity index (χ3v) is 8.53. The molecule has 1 aliphatic heterocycles. The Morgan fingerprint density at radius 1 is 1.16 bits per heavy atom. The summed E-state index contributed by atoms with van der Waals surface area (Å²) in [7, 11) is 0. The number of rotatable bonds is 6. The summed E-state index contributed by atoms with van der Waals surface area (Å²) >= 11 is 0. The van der Waals surface area contributed by atoms with Crippen molar-refractivity contribution in [3.8, 4) is 5.75 Å². The molecule has 1 saturated carbocycles. The third-order valence-electron chi connectivity index (χ3n) is 8.53. The highest BCUT2D eigenvalue weighted by Gasteiger charge is 2.63. The van der Waals surface area contributed by atoms with Crippen LogP contribution in [0, 0.1) is 17.7 Å². The molecule has 0 spiro atoms. The largest absolute Gasteiger partial charge is 0.508 e. The van der Waals surface area contributed by atoms with E-state index >= 15 is 4.39 Å². The normalized spacial score (nSPS) is 28.8. The van der Waals surface area contributed by atoms with Crippen LogP contribution >= 0.6 is 0 Å². The van der Waals surface area contributed by atoms with Crippen molar-refractivity contribution in [2.75, 3.05) is 13.1 Å². The number of benzene rings is 1. The van der Waals surface area contributed by atoms with E-state index in [4.69, 9.17) is 5.73 Å². The number of nitrogens with one attached hydrogen (secondary N) is 1. The molecule has 0 bridgehead atoms. The minimum absolute atomic E-state index is 0.0606. The number of amides is 1. The third kappa shape index (κ3) is 3.45. The van der Waals surface area contributed by atoms with E-state index in [0.717, 1.165) is 12.8 Å². The molecule has 10 nitrogen and oxygen atoms in total. The molecule has 0 unspecified atom stereocenters. The van der Waals surface area contributed by atoms with Crippen LogP contribution in [0.15, 0.2) is 16.9 Å². The molecule has 4 aliphatic rings. The van der Waals surface area contributed by atoms with Crippen LogP contribution in [0.4, 0.5) is 4.39 Å². The first-order valence-electron chi connectivity index (χ1n) is 13.0. The summed E-state index contributed by atoms with van der Waals surface area (Å²) < 4.78 is 15.9. The first-order chi connectivity index (χ1) is 18.0. The number of nitrogens with zero attached hydrogens (tertiary/aromatic N) is 1. The summed E-state index contributed by atoms with van der Waals surface area (Å²) in [6, 6.07) is -1.22. The smallest absolute Gasteiger partial charge is 0.255 e. The molecule has 7 N–H and O–H groups in total. The molecule has 204 valence electrons. The molecule has 0 radical (unpaired) electrons. The van der Waals surface area contributed by atoms with E-state index in [1.807, 2.05) is 11.8 Å². The number of phenolic OH excluding ortho intramolecular Hbond substituents is 1. The van der Waals surface area contributed by atoms with Crippen LogP contribution < -0.4 is 11.1 Å². The van der Waals surface area contributed by atoms with Crippen molar-refractivity contribution < 1.29 is 39.2 Å². The highest BCUT2D eigenvalue weighted by molar-refractivity contribution is 6.24. The summed E-state index contributed by atoms with van der Waals surface area (Å²) in [5.74, 6) is -7.96. The van der Waals surface area contributed by atoms with Crippen molar-refractivity contribution in [3.05, 3.63) is 45.0 Å². The zero-order valence-electron chi connectivity index (χ0n) is 21.3. The number of phenols is 1. The fourth-order valence-electron chi connectivity index (χ4n) is 6.71. The molecule has 0 saturated heterocycles.